The Morgan fingerprint density at radius 3 is 3.04 bits per heavy atom. The molecule has 23 heavy (non-hydrogen) atoms. The maximum atomic E-state index is 12.2. The highest BCUT2D eigenvalue weighted by molar-refractivity contribution is 7.99. The number of aromatic nitrogens is 1. The minimum absolute atomic E-state index is 0.225. The summed E-state index contributed by atoms with van der Waals surface area (Å²) in [5.74, 6) is 1.31. The Bertz CT molecular complexity index is 592. The third-order valence-corrected chi connectivity index (χ3v) is 4.66. The average molecular weight is 333 g/mol. The van der Waals surface area contributed by atoms with Crippen molar-refractivity contribution in [3.05, 3.63) is 23.9 Å². The van der Waals surface area contributed by atoms with Crippen LogP contribution < -0.4 is 0 Å². The minimum Gasteiger partial charge on any atom is -0.444 e. The number of ether oxygens (including phenoxy) is 1. The molecule has 1 aromatic rings. The third kappa shape index (κ3) is 5.76. The normalized spacial score (nSPS) is 18.3. The van der Waals surface area contributed by atoms with Crippen molar-refractivity contribution in [3.8, 4) is 6.07 Å². The summed E-state index contributed by atoms with van der Waals surface area (Å²) in [4.78, 5) is 18.3. The fraction of sp³-hybridized carbons (Fsp3) is 0.588. The van der Waals surface area contributed by atoms with Gasteiger partial charge in [0, 0.05) is 25.0 Å². The van der Waals surface area contributed by atoms with Gasteiger partial charge in [-0.2, -0.15) is 5.26 Å². The van der Waals surface area contributed by atoms with Crippen LogP contribution in [0.2, 0.25) is 0 Å². The van der Waals surface area contributed by atoms with Crippen molar-refractivity contribution in [3.63, 3.8) is 0 Å². The lowest BCUT2D eigenvalue weighted by molar-refractivity contribution is 0.0177. The predicted octanol–water partition coefficient (Wildman–Crippen LogP) is 3.69. The summed E-state index contributed by atoms with van der Waals surface area (Å²) in [6, 6.07) is 5.63. The first-order valence-electron chi connectivity index (χ1n) is 7.84. The smallest absolute Gasteiger partial charge is 0.410 e. The number of pyridine rings is 1. The second kappa shape index (κ2) is 7.69. The molecule has 1 fully saturated rings. The second-order valence-electron chi connectivity index (χ2n) is 6.74. The minimum atomic E-state index is -0.458. The van der Waals surface area contributed by atoms with E-state index < -0.39 is 5.60 Å². The molecule has 1 saturated heterocycles. The summed E-state index contributed by atoms with van der Waals surface area (Å²) >= 11 is 1.64. The molecule has 0 saturated carbocycles. The van der Waals surface area contributed by atoms with E-state index >= 15 is 0 Å². The van der Waals surface area contributed by atoms with E-state index in [-0.39, 0.29) is 6.09 Å². The lowest BCUT2D eigenvalue weighted by Crippen LogP contribution is -2.43. The maximum Gasteiger partial charge on any atom is 0.410 e. The van der Waals surface area contributed by atoms with Gasteiger partial charge in [-0.05, 0) is 51.7 Å². The molecule has 0 bridgehead atoms. The van der Waals surface area contributed by atoms with Gasteiger partial charge in [0.05, 0.1) is 16.7 Å². The van der Waals surface area contributed by atoms with E-state index in [4.69, 9.17) is 10.00 Å². The fourth-order valence-electron chi connectivity index (χ4n) is 2.45. The number of thioether (sulfide) groups is 1. The number of nitriles is 1. The number of carbonyl (C=O) groups excluding carboxylic acids is 1. The first-order valence-corrected chi connectivity index (χ1v) is 8.83. The molecule has 2 rings (SSSR count). The van der Waals surface area contributed by atoms with Gasteiger partial charge in [0.2, 0.25) is 0 Å². The SMILES string of the molecule is CC(C)(C)OC(=O)N1CCC[C@H](CSc2cc(C#N)ccn2)C1. The number of hydrogen-bond donors (Lipinski definition) is 0. The van der Waals surface area contributed by atoms with Crippen LogP contribution in [0.1, 0.15) is 39.2 Å². The standard InChI is InChI=1S/C17H23N3O2S/c1-17(2,3)22-16(21)20-8-4-5-14(11-20)12-23-15-9-13(10-18)6-7-19-15/h6-7,9,14H,4-5,8,11-12H2,1-3H3/t14-/m0/s1. The quantitative estimate of drug-likeness (QED) is 0.789. The fourth-order valence-corrected chi connectivity index (χ4v) is 3.48. The Morgan fingerprint density at radius 2 is 2.35 bits per heavy atom. The Balaban J connectivity index is 1.86. The van der Waals surface area contributed by atoms with Crippen molar-refractivity contribution in [1.82, 2.24) is 9.88 Å². The van der Waals surface area contributed by atoms with Crippen LogP contribution in [-0.2, 0) is 4.74 Å². The molecule has 1 amide bonds. The zero-order valence-corrected chi connectivity index (χ0v) is 14.7. The molecular weight excluding hydrogens is 310 g/mol. The molecule has 2 heterocycles. The van der Waals surface area contributed by atoms with Gasteiger partial charge in [0.1, 0.15) is 5.60 Å². The van der Waals surface area contributed by atoms with E-state index in [9.17, 15) is 4.79 Å². The number of piperidine rings is 1. The average Bonchev–Trinajstić information content (AvgIpc) is 2.52. The van der Waals surface area contributed by atoms with Crippen LogP contribution in [0.15, 0.2) is 23.4 Å². The van der Waals surface area contributed by atoms with Crippen molar-refractivity contribution in [2.75, 3.05) is 18.8 Å². The maximum absolute atomic E-state index is 12.2. The number of carbonyl (C=O) groups is 1. The summed E-state index contributed by atoms with van der Waals surface area (Å²) in [5, 5.41) is 9.78. The summed E-state index contributed by atoms with van der Waals surface area (Å²) < 4.78 is 5.45. The summed E-state index contributed by atoms with van der Waals surface area (Å²) in [7, 11) is 0. The third-order valence-electron chi connectivity index (χ3n) is 3.50. The molecule has 6 heteroatoms. The van der Waals surface area contributed by atoms with Crippen molar-refractivity contribution in [2.24, 2.45) is 5.92 Å². The number of hydrogen-bond acceptors (Lipinski definition) is 5. The van der Waals surface area contributed by atoms with Crippen molar-refractivity contribution in [1.29, 1.82) is 5.26 Å². The van der Waals surface area contributed by atoms with Gasteiger partial charge in [-0.1, -0.05) is 0 Å². The molecule has 0 unspecified atom stereocenters. The lowest BCUT2D eigenvalue weighted by atomic mass is 10.0. The Hall–Kier alpha value is -1.74. The van der Waals surface area contributed by atoms with Crippen molar-refractivity contribution in [2.45, 2.75) is 44.2 Å². The lowest BCUT2D eigenvalue weighted by Gasteiger charge is -2.34. The highest BCUT2D eigenvalue weighted by Crippen LogP contribution is 2.26. The van der Waals surface area contributed by atoms with Gasteiger partial charge in [0.15, 0.2) is 0 Å². The van der Waals surface area contributed by atoms with Crippen molar-refractivity contribution >= 4 is 17.9 Å². The van der Waals surface area contributed by atoms with Gasteiger partial charge < -0.3 is 9.64 Å². The number of nitrogens with zero attached hydrogens (tertiary/aromatic N) is 3. The zero-order valence-electron chi connectivity index (χ0n) is 13.9. The molecule has 0 aromatic carbocycles. The predicted molar refractivity (Wildman–Crippen MR) is 90.2 cm³/mol. The second-order valence-corrected chi connectivity index (χ2v) is 7.78. The van der Waals surface area contributed by atoms with Gasteiger partial charge in [-0.3, -0.25) is 0 Å². The molecule has 0 aliphatic carbocycles. The molecule has 1 aromatic heterocycles. The van der Waals surface area contributed by atoms with Crippen LogP contribution in [0.5, 0.6) is 0 Å². The van der Waals surface area contributed by atoms with Crippen LogP contribution in [0.4, 0.5) is 4.79 Å². The van der Waals surface area contributed by atoms with Crippen LogP contribution in [0.25, 0.3) is 0 Å². The Morgan fingerprint density at radius 1 is 1.57 bits per heavy atom. The molecule has 5 nitrogen and oxygen atoms in total. The van der Waals surface area contributed by atoms with Crippen LogP contribution in [0, 0.1) is 17.2 Å². The largest absolute Gasteiger partial charge is 0.444 e. The topological polar surface area (TPSA) is 66.2 Å². The summed E-state index contributed by atoms with van der Waals surface area (Å²) in [5.41, 5.74) is 0.169. The van der Waals surface area contributed by atoms with Crippen molar-refractivity contribution < 1.29 is 9.53 Å². The molecule has 1 atom stereocenters. The Labute approximate surface area is 142 Å². The number of rotatable bonds is 3. The van der Waals surface area contributed by atoms with E-state index in [1.54, 1.807) is 35.0 Å². The number of likely N-dealkylation sites (tertiary alicyclic amines) is 1. The molecule has 124 valence electrons. The molecule has 0 radical (unpaired) electrons. The molecule has 1 aliphatic rings. The highest BCUT2D eigenvalue weighted by atomic mass is 32.2. The van der Waals surface area contributed by atoms with E-state index in [0.29, 0.717) is 11.5 Å². The van der Waals surface area contributed by atoms with Crippen LogP contribution in [-0.4, -0.2) is 40.4 Å². The molecule has 0 spiro atoms. The first-order chi connectivity index (χ1) is 10.9. The van der Waals surface area contributed by atoms with Crippen LogP contribution >= 0.6 is 11.8 Å². The van der Waals surface area contributed by atoms with E-state index in [2.05, 4.69) is 11.1 Å². The highest BCUT2D eigenvalue weighted by Gasteiger charge is 2.27. The van der Waals surface area contributed by atoms with Gasteiger partial charge in [-0.25, -0.2) is 9.78 Å². The van der Waals surface area contributed by atoms with Gasteiger partial charge in [0.25, 0.3) is 0 Å². The molecule has 1 aliphatic heterocycles. The Kier molecular flexibility index (Phi) is 5.89. The van der Waals surface area contributed by atoms with E-state index in [0.717, 1.165) is 36.7 Å². The van der Waals surface area contributed by atoms with Gasteiger partial charge in [-0.15, -0.1) is 11.8 Å². The van der Waals surface area contributed by atoms with Gasteiger partial charge >= 0.3 is 6.09 Å². The number of amides is 1. The summed E-state index contributed by atoms with van der Waals surface area (Å²) in [6.45, 7) is 7.14. The first kappa shape index (κ1) is 17.6. The van der Waals surface area contributed by atoms with E-state index in [1.807, 2.05) is 20.8 Å². The van der Waals surface area contributed by atoms with Crippen LogP contribution in [0.3, 0.4) is 0 Å². The summed E-state index contributed by atoms with van der Waals surface area (Å²) in [6.07, 6.45) is 3.53. The molecule has 0 N–H and O–H groups in total. The zero-order chi connectivity index (χ0) is 16.9. The monoisotopic (exact) mass is 333 g/mol. The van der Waals surface area contributed by atoms with E-state index in [1.165, 1.54) is 0 Å². The molecular formula is C17H23N3O2S.